The molecule has 1 aliphatic carbocycles. The first-order valence-corrected chi connectivity index (χ1v) is 7.70. The highest BCUT2D eigenvalue weighted by Crippen LogP contribution is 2.28. The lowest BCUT2D eigenvalue weighted by Gasteiger charge is -2.30. The van der Waals surface area contributed by atoms with Crippen molar-refractivity contribution in [1.82, 2.24) is 15.3 Å². The van der Waals surface area contributed by atoms with Gasteiger partial charge in [-0.2, -0.15) is 0 Å². The maximum Gasteiger partial charge on any atom is 0.270 e. The minimum absolute atomic E-state index is 0. The van der Waals surface area contributed by atoms with Crippen LogP contribution in [-0.2, 0) is 4.79 Å². The molecule has 5 heteroatoms. The Kier molecular flexibility index (Phi) is 5.42. The van der Waals surface area contributed by atoms with Gasteiger partial charge in [-0.15, -0.1) is 0 Å². The maximum absolute atomic E-state index is 12.5. The largest absolute Gasteiger partial charge is 0.341 e. The predicted octanol–water partition coefficient (Wildman–Crippen LogP) is 2.63. The van der Waals surface area contributed by atoms with Gasteiger partial charge in [-0.05, 0) is 24.8 Å². The summed E-state index contributed by atoms with van der Waals surface area (Å²) in [4.78, 5) is 32.5. The summed E-state index contributed by atoms with van der Waals surface area (Å²) in [5.41, 5.74) is 0.308. The van der Waals surface area contributed by atoms with Crippen LogP contribution in [-0.4, -0.2) is 27.7 Å². The van der Waals surface area contributed by atoms with Crippen LogP contribution in [0.15, 0.2) is 18.6 Å². The van der Waals surface area contributed by atoms with Crippen molar-refractivity contribution < 1.29 is 11.0 Å². The van der Waals surface area contributed by atoms with E-state index < -0.39 is 6.04 Å². The van der Waals surface area contributed by atoms with Crippen LogP contribution in [0.25, 0.3) is 0 Å². The third kappa shape index (κ3) is 4.09. The Labute approximate surface area is 127 Å². The molecule has 1 aromatic heterocycles. The van der Waals surface area contributed by atoms with Gasteiger partial charge in [0.2, 0.25) is 0 Å². The van der Waals surface area contributed by atoms with Crippen molar-refractivity contribution in [2.45, 2.75) is 52.0 Å². The highest BCUT2D eigenvalue weighted by molar-refractivity contribution is 5.97. The van der Waals surface area contributed by atoms with Crippen LogP contribution in [0, 0.1) is 11.8 Å². The molecule has 1 saturated carbocycles. The van der Waals surface area contributed by atoms with Crippen molar-refractivity contribution in [2.75, 3.05) is 0 Å². The summed E-state index contributed by atoms with van der Waals surface area (Å²) in [6.45, 7) is 3.77. The van der Waals surface area contributed by atoms with E-state index in [2.05, 4.69) is 15.3 Å². The zero-order valence-electron chi connectivity index (χ0n) is 12.7. The molecule has 0 aromatic carbocycles. The van der Waals surface area contributed by atoms with Gasteiger partial charge >= 0.3 is 0 Å². The van der Waals surface area contributed by atoms with Crippen molar-refractivity contribution in [2.24, 2.45) is 11.8 Å². The van der Waals surface area contributed by atoms with E-state index >= 15 is 0 Å². The molecule has 1 fully saturated rings. The van der Waals surface area contributed by atoms with E-state index in [1.807, 2.05) is 13.8 Å². The minimum atomic E-state index is -0.396. The normalized spacial score (nSPS) is 17.5. The molecular weight excluding hydrogens is 266 g/mol. The minimum Gasteiger partial charge on any atom is -0.341 e. The van der Waals surface area contributed by atoms with Crippen LogP contribution in [0.1, 0.15) is 57.9 Å². The van der Waals surface area contributed by atoms with Crippen molar-refractivity contribution >= 4 is 11.7 Å². The zero-order valence-corrected chi connectivity index (χ0v) is 12.7. The number of carbonyl (C=O) groups excluding carboxylic acids is 2. The van der Waals surface area contributed by atoms with E-state index in [1.54, 1.807) is 6.07 Å². The average molecular weight is 291 g/mol. The second kappa shape index (κ2) is 7.29. The summed E-state index contributed by atoms with van der Waals surface area (Å²) in [6, 6.07) is 1.17. The Morgan fingerprint density at radius 3 is 2.57 bits per heavy atom. The predicted molar refractivity (Wildman–Crippen MR) is 81.8 cm³/mol. The SMILES string of the molecule is CC(C)C(=O)[C@H](NC(=O)c1ccncn1)C1CCCCC1.[HH]. The molecule has 1 atom stereocenters. The number of rotatable bonds is 5. The Morgan fingerprint density at radius 2 is 2.00 bits per heavy atom. The van der Waals surface area contributed by atoms with Gasteiger partial charge < -0.3 is 5.32 Å². The molecule has 21 heavy (non-hydrogen) atoms. The van der Waals surface area contributed by atoms with Gasteiger partial charge in [0.1, 0.15) is 12.0 Å². The summed E-state index contributed by atoms with van der Waals surface area (Å²) in [6.07, 6.45) is 8.38. The number of Topliss-reactive ketones (excluding diaryl/α,β-unsaturated/α-hetero) is 1. The number of aromatic nitrogens is 2. The Balaban J connectivity index is 0.00000242. The van der Waals surface area contributed by atoms with Crippen LogP contribution in [0.5, 0.6) is 0 Å². The van der Waals surface area contributed by atoms with E-state index in [0.29, 0.717) is 5.69 Å². The van der Waals surface area contributed by atoms with Crippen molar-refractivity contribution in [3.05, 3.63) is 24.3 Å². The third-order valence-electron chi connectivity index (χ3n) is 4.10. The number of hydrogen-bond acceptors (Lipinski definition) is 4. The van der Waals surface area contributed by atoms with Crippen LogP contribution >= 0.6 is 0 Å². The number of ketones is 1. The van der Waals surface area contributed by atoms with E-state index in [9.17, 15) is 9.59 Å². The molecule has 1 aliphatic rings. The fourth-order valence-corrected chi connectivity index (χ4v) is 2.89. The van der Waals surface area contributed by atoms with Gasteiger partial charge in [0.25, 0.3) is 5.91 Å². The molecule has 0 unspecified atom stereocenters. The van der Waals surface area contributed by atoms with E-state index in [1.165, 1.54) is 18.9 Å². The van der Waals surface area contributed by atoms with Gasteiger partial charge in [-0.1, -0.05) is 33.1 Å². The van der Waals surface area contributed by atoms with Gasteiger partial charge in [0.15, 0.2) is 5.78 Å². The molecular formula is C16H25N3O2. The number of hydrogen-bond donors (Lipinski definition) is 1. The monoisotopic (exact) mass is 291 g/mol. The number of carbonyl (C=O) groups is 2. The first-order chi connectivity index (χ1) is 10.1. The van der Waals surface area contributed by atoms with E-state index in [-0.39, 0.29) is 25.0 Å². The lowest BCUT2D eigenvalue weighted by Crippen LogP contribution is -2.48. The fraction of sp³-hybridized carbons (Fsp3) is 0.625. The lowest BCUT2D eigenvalue weighted by atomic mass is 9.80. The smallest absolute Gasteiger partial charge is 0.270 e. The average Bonchev–Trinajstić information content (AvgIpc) is 2.53. The van der Waals surface area contributed by atoms with Crippen molar-refractivity contribution in [3.8, 4) is 0 Å². The van der Waals surface area contributed by atoms with Crippen LogP contribution < -0.4 is 5.32 Å². The molecule has 0 spiro atoms. The summed E-state index contributed by atoms with van der Waals surface area (Å²) < 4.78 is 0. The third-order valence-corrected chi connectivity index (χ3v) is 4.10. The molecule has 5 nitrogen and oxygen atoms in total. The molecule has 0 aliphatic heterocycles. The molecule has 1 aromatic rings. The lowest BCUT2D eigenvalue weighted by molar-refractivity contribution is -0.125. The maximum atomic E-state index is 12.5. The highest BCUT2D eigenvalue weighted by Gasteiger charge is 2.32. The summed E-state index contributed by atoms with van der Waals surface area (Å²) in [5.74, 6) is -0.00616. The summed E-state index contributed by atoms with van der Waals surface area (Å²) in [7, 11) is 0. The summed E-state index contributed by atoms with van der Waals surface area (Å²) >= 11 is 0. The Bertz CT molecular complexity index is 487. The van der Waals surface area contributed by atoms with Gasteiger partial charge in [0, 0.05) is 13.5 Å². The first-order valence-electron chi connectivity index (χ1n) is 7.70. The molecule has 1 N–H and O–H groups in total. The molecule has 0 radical (unpaired) electrons. The molecule has 0 bridgehead atoms. The van der Waals surface area contributed by atoms with Crippen LogP contribution in [0.3, 0.4) is 0 Å². The fourth-order valence-electron chi connectivity index (χ4n) is 2.89. The summed E-state index contributed by atoms with van der Waals surface area (Å²) in [5, 5.41) is 2.91. The molecule has 2 rings (SSSR count). The number of amides is 1. The van der Waals surface area contributed by atoms with Gasteiger partial charge in [-0.25, -0.2) is 9.97 Å². The van der Waals surface area contributed by atoms with Crippen LogP contribution in [0.4, 0.5) is 0 Å². The second-order valence-corrected chi connectivity index (χ2v) is 6.00. The molecule has 1 heterocycles. The number of nitrogens with one attached hydrogen (secondary N) is 1. The van der Waals surface area contributed by atoms with Crippen molar-refractivity contribution in [1.29, 1.82) is 0 Å². The Hall–Kier alpha value is -1.78. The molecule has 1 amide bonds. The topological polar surface area (TPSA) is 72.0 Å². The van der Waals surface area contributed by atoms with Crippen LogP contribution in [0.2, 0.25) is 0 Å². The van der Waals surface area contributed by atoms with Crippen molar-refractivity contribution in [3.63, 3.8) is 0 Å². The second-order valence-electron chi connectivity index (χ2n) is 6.00. The number of nitrogens with zero attached hydrogens (tertiary/aromatic N) is 2. The van der Waals surface area contributed by atoms with E-state index in [0.717, 1.165) is 25.7 Å². The van der Waals surface area contributed by atoms with E-state index in [4.69, 9.17) is 0 Å². The first kappa shape index (κ1) is 15.6. The standard InChI is InChI=1S/C16H23N3O2.H2/c1-11(2)15(20)14(12-6-4-3-5-7-12)19-16(21)13-8-9-17-10-18-13;/h8-12,14H,3-7H2,1-2H3,(H,19,21);1H/t14-;/m1./s1. The van der Waals surface area contributed by atoms with Gasteiger partial charge in [-0.3, -0.25) is 9.59 Å². The zero-order chi connectivity index (χ0) is 15.2. The molecule has 0 saturated heterocycles. The highest BCUT2D eigenvalue weighted by atomic mass is 16.2. The Morgan fingerprint density at radius 1 is 1.29 bits per heavy atom. The van der Waals surface area contributed by atoms with Gasteiger partial charge in [0.05, 0.1) is 6.04 Å². The molecule has 116 valence electrons. The quantitative estimate of drug-likeness (QED) is 0.905.